The maximum absolute atomic E-state index is 12.5. The van der Waals surface area contributed by atoms with Crippen LogP contribution in [0.25, 0.3) is 0 Å². The van der Waals surface area contributed by atoms with Crippen LogP contribution in [0.4, 0.5) is 5.82 Å². The van der Waals surface area contributed by atoms with Gasteiger partial charge in [-0.1, -0.05) is 6.07 Å². The first kappa shape index (κ1) is 16.9. The van der Waals surface area contributed by atoms with Gasteiger partial charge in [-0.05, 0) is 60.0 Å². The van der Waals surface area contributed by atoms with Gasteiger partial charge in [-0.3, -0.25) is 4.79 Å². The van der Waals surface area contributed by atoms with Gasteiger partial charge in [0.1, 0.15) is 11.5 Å². The van der Waals surface area contributed by atoms with Crippen molar-refractivity contribution in [3.05, 3.63) is 51.4 Å². The number of amides is 1. The fraction of sp³-hybridized carbons (Fsp3) is 0.389. The van der Waals surface area contributed by atoms with Crippen molar-refractivity contribution in [2.75, 3.05) is 31.1 Å². The maximum atomic E-state index is 12.5. The van der Waals surface area contributed by atoms with E-state index in [2.05, 4.69) is 45.7 Å². The lowest BCUT2D eigenvalue weighted by atomic mass is 10.1. The Hall–Kier alpha value is -1.95. The van der Waals surface area contributed by atoms with Crippen LogP contribution in [-0.4, -0.2) is 47.0 Å². The second-order valence-electron chi connectivity index (χ2n) is 6.17. The van der Waals surface area contributed by atoms with Gasteiger partial charge in [0, 0.05) is 42.5 Å². The highest BCUT2D eigenvalue weighted by Crippen LogP contribution is 2.22. The molecule has 0 aliphatic carbocycles. The lowest BCUT2D eigenvalue weighted by molar-refractivity contribution is 0.0740. The number of halogens is 1. The molecule has 0 N–H and O–H groups in total. The number of carbonyl (C=O) groups excluding carboxylic acids is 1. The average molecular weight is 389 g/mol. The molecule has 0 aromatic carbocycles. The summed E-state index contributed by atoms with van der Waals surface area (Å²) in [5, 5.41) is 0. The number of hydrogen-bond acceptors (Lipinski definition) is 4. The summed E-state index contributed by atoms with van der Waals surface area (Å²) in [5.74, 6) is 1.03. The van der Waals surface area contributed by atoms with E-state index in [4.69, 9.17) is 4.98 Å². The summed E-state index contributed by atoms with van der Waals surface area (Å²) >= 11 is 3.34. The normalized spacial score (nSPS) is 14.8. The number of pyridine rings is 2. The van der Waals surface area contributed by atoms with Crippen LogP contribution in [0.2, 0.25) is 0 Å². The number of nitrogens with zero attached hydrogens (tertiary/aromatic N) is 4. The Morgan fingerprint density at radius 2 is 1.79 bits per heavy atom. The van der Waals surface area contributed by atoms with Crippen molar-refractivity contribution in [1.29, 1.82) is 0 Å². The van der Waals surface area contributed by atoms with Gasteiger partial charge in [-0.15, -0.1) is 0 Å². The van der Waals surface area contributed by atoms with Crippen LogP contribution in [-0.2, 0) is 0 Å². The first-order valence-electron chi connectivity index (χ1n) is 8.06. The molecular weight excluding hydrogens is 368 g/mol. The smallest absolute Gasteiger partial charge is 0.272 e. The molecule has 0 radical (unpaired) electrons. The Morgan fingerprint density at radius 1 is 1.08 bits per heavy atom. The molecule has 2 aromatic heterocycles. The second kappa shape index (κ2) is 6.89. The van der Waals surface area contributed by atoms with E-state index in [1.54, 1.807) is 12.3 Å². The van der Waals surface area contributed by atoms with Crippen molar-refractivity contribution in [3.8, 4) is 0 Å². The van der Waals surface area contributed by atoms with Gasteiger partial charge in [0.05, 0.1) is 0 Å². The molecule has 126 valence electrons. The monoisotopic (exact) mass is 388 g/mol. The molecule has 2 aromatic rings. The lowest BCUT2D eigenvalue weighted by Crippen LogP contribution is -2.49. The van der Waals surface area contributed by atoms with Crippen LogP contribution in [0.5, 0.6) is 0 Å². The Bertz CT molecular complexity index is 752. The van der Waals surface area contributed by atoms with Crippen LogP contribution in [0.3, 0.4) is 0 Å². The molecule has 0 saturated carbocycles. The average Bonchev–Trinajstić information content (AvgIpc) is 2.58. The topological polar surface area (TPSA) is 49.3 Å². The highest BCUT2D eigenvalue weighted by molar-refractivity contribution is 9.10. The zero-order chi connectivity index (χ0) is 17.3. The highest BCUT2D eigenvalue weighted by Gasteiger charge is 2.24. The molecule has 3 rings (SSSR count). The summed E-state index contributed by atoms with van der Waals surface area (Å²) in [6.07, 6.45) is 1.66. The van der Waals surface area contributed by atoms with Gasteiger partial charge < -0.3 is 9.80 Å². The van der Waals surface area contributed by atoms with Gasteiger partial charge in [0.15, 0.2) is 0 Å². The predicted molar refractivity (Wildman–Crippen MR) is 98.5 cm³/mol. The fourth-order valence-electron chi connectivity index (χ4n) is 2.93. The fourth-order valence-corrected chi connectivity index (χ4v) is 3.17. The maximum Gasteiger partial charge on any atom is 0.272 e. The van der Waals surface area contributed by atoms with E-state index >= 15 is 0 Å². The van der Waals surface area contributed by atoms with E-state index in [-0.39, 0.29) is 5.91 Å². The molecule has 1 saturated heterocycles. The minimum absolute atomic E-state index is 0.00748. The van der Waals surface area contributed by atoms with Crippen LogP contribution in [0, 0.1) is 20.8 Å². The number of anilines is 1. The van der Waals surface area contributed by atoms with Crippen molar-refractivity contribution in [2.45, 2.75) is 20.8 Å². The van der Waals surface area contributed by atoms with Crippen LogP contribution < -0.4 is 4.90 Å². The number of aryl methyl sites for hydroxylation is 3. The largest absolute Gasteiger partial charge is 0.353 e. The zero-order valence-electron chi connectivity index (χ0n) is 14.2. The molecule has 24 heavy (non-hydrogen) atoms. The molecular formula is C18H21BrN4O. The van der Waals surface area contributed by atoms with Crippen LogP contribution >= 0.6 is 15.9 Å². The third kappa shape index (κ3) is 3.43. The van der Waals surface area contributed by atoms with Crippen LogP contribution in [0.1, 0.15) is 27.3 Å². The Balaban J connectivity index is 1.68. The number of piperazine rings is 1. The van der Waals surface area contributed by atoms with E-state index in [9.17, 15) is 4.79 Å². The van der Waals surface area contributed by atoms with Crippen LogP contribution in [0.15, 0.2) is 28.9 Å². The predicted octanol–water partition coefficient (Wildman–Crippen LogP) is 3.13. The van der Waals surface area contributed by atoms with Gasteiger partial charge in [-0.25, -0.2) is 9.97 Å². The highest BCUT2D eigenvalue weighted by atomic mass is 79.9. The summed E-state index contributed by atoms with van der Waals surface area (Å²) in [4.78, 5) is 25.6. The zero-order valence-corrected chi connectivity index (χ0v) is 15.8. The van der Waals surface area contributed by atoms with E-state index in [1.165, 1.54) is 11.1 Å². The molecule has 0 spiro atoms. The molecule has 0 unspecified atom stereocenters. The minimum atomic E-state index is -0.00748. The molecule has 3 heterocycles. The Morgan fingerprint density at radius 3 is 2.42 bits per heavy atom. The number of hydrogen-bond donors (Lipinski definition) is 0. The first-order chi connectivity index (χ1) is 11.5. The third-order valence-corrected chi connectivity index (χ3v) is 4.91. The second-order valence-corrected chi connectivity index (χ2v) is 7.09. The van der Waals surface area contributed by atoms with E-state index in [0.29, 0.717) is 18.8 Å². The van der Waals surface area contributed by atoms with Gasteiger partial charge in [-0.2, -0.15) is 0 Å². The van der Waals surface area contributed by atoms with Gasteiger partial charge in [0.2, 0.25) is 0 Å². The summed E-state index contributed by atoms with van der Waals surface area (Å²) in [6, 6.07) is 5.79. The molecule has 0 atom stereocenters. The van der Waals surface area contributed by atoms with E-state index in [1.807, 2.05) is 17.9 Å². The Labute approximate surface area is 150 Å². The van der Waals surface area contributed by atoms with Crippen molar-refractivity contribution < 1.29 is 4.79 Å². The van der Waals surface area contributed by atoms with Crippen molar-refractivity contribution in [3.63, 3.8) is 0 Å². The summed E-state index contributed by atoms with van der Waals surface area (Å²) < 4.78 is 0.875. The quantitative estimate of drug-likeness (QED) is 0.792. The number of rotatable bonds is 2. The lowest BCUT2D eigenvalue weighted by Gasteiger charge is -2.36. The summed E-state index contributed by atoms with van der Waals surface area (Å²) in [6.45, 7) is 9.17. The minimum Gasteiger partial charge on any atom is -0.353 e. The number of aromatic nitrogens is 2. The molecule has 1 amide bonds. The van der Waals surface area contributed by atoms with Crippen molar-refractivity contribution in [2.24, 2.45) is 0 Å². The Kier molecular flexibility index (Phi) is 4.85. The van der Waals surface area contributed by atoms with Gasteiger partial charge >= 0.3 is 0 Å². The van der Waals surface area contributed by atoms with Gasteiger partial charge in [0.25, 0.3) is 5.91 Å². The standard InChI is InChI=1S/C18H21BrN4O/c1-12-10-13(2)17(21-14(12)3)22-6-8-23(9-7-22)18(24)16-5-4-15(19)11-20-16/h4-5,10-11H,6-9H2,1-3H3. The molecule has 5 nitrogen and oxygen atoms in total. The molecule has 1 aliphatic rings. The van der Waals surface area contributed by atoms with Crippen molar-refractivity contribution >= 4 is 27.7 Å². The SMILES string of the molecule is Cc1cc(C)c(N2CCN(C(=O)c3ccc(Br)cn3)CC2)nc1C. The molecule has 6 heteroatoms. The number of carbonyl (C=O) groups is 1. The first-order valence-corrected chi connectivity index (χ1v) is 8.85. The molecule has 1 aliphatic heterocycles. The summed E-state index contributed by atoms with van der Waals surface area (Å²) in [5.41, 5.74) is 3.96. The molecule has 1 fully saturated rings. The molecule has 0 bridgehead atoms. The van der Waals surface area contributed by atoms with E-state index < -0.39 is 0 Å². The third-order valence-electron chi connectivity index (χ3n) is 4.44. The summed E-state index contributed by atoms with van der Waals surface area (Å²) in [7, 11) is 0. The van der Waals surface area contributed by atoms with E-state index in [0.717, 1.165) is 29.1 Å². The van der Waals surface area contributed by atoms with Crippen molar-refractivity contribution in [1.82, 2.24) is 14.9 Å².